The van der Waals surface area contributed by atoms with Crippen molar-refractivity contribution >= 4 is 11.7 Å². The number of nitrogens with zero attached hydrogens (tertiary/aromatic N) is 1. The molecule has 7 heteroatoms. The van der Waals surface area contributed by atoms with Gasteiger partial charge in [-0.15, -0.1) is 0 Å². The summed E-state index contributed by atoms with van der Waals surface area (Å²) < 4.78 is 10.3. The molecule has 0 bridgehead atoms. The molecule has 110 valence electrons. The van der Waals surface area contributed by atoms with Crippen molar-refractivity contribution in [1.29, 1.82) is 0 Å². The Kier molecular flexibility index (Phi) is 5.92. The number of nitrogens with one attached hydrogen (secondary N) is 1. The number of carbonyl (C=O) groups excluding carboxylic acids is 1. The first kappa shape index (κ1) is 15.9. The maximum Gasteiger partial charge on any atom is 0.326 e. The number of benzene rings is 1. The highest BCUT2D eigenvalue weighted by atomic mass is 16.6. The van der Waals surface area contributed by atoms with Crippen LogP contribution in [0.4, 0.5) is 5.69 Å². The topological polar surface area (TPSA) is 90.7 Å². The second-order valence-electron chi connectivity index (χ2n) is 4.13. The summed E-state index contributed by atoms with van der Waals surface area (Å²) in [7, 11) is 1.59. The zero-order valence-electron chi connectivity index (χ0n) is 11.7. The number of esters is 1. The summed E-state index contributed by atoms with van der Waals surface area (Å²) in [5.74, 6) is -0.315. The van der Waals surface area contributed by atoms with Gasteiger partial charge in [0.2, 0.25) is 0 Å². The fourth-order valence-corrected chi connectivity index (χ4v) is 1.57. The SMILES string of the molecule is CCOC(=O)C(COc1cc(C)ccc1[N+](=O)[O-])NC. The molecule has 0 aliphatic rings. The van der Waals surface area contributed by atoms with Crippen LogP contribution >= 0.6 is 0 Å². The Morgan fingerprint density at radius 1 is 1.50 bits per heavy atom. The summed E-state index contributed by atoms with van der Waals surface area (Å²) in [4.78, 5) is 22.0. The molecular weight excluding hydrogens is 264 g/mol. The maximum atomic E-state index is 11.6. The number of nitro groups is 1. The third-order valence-corrected chi connectivity index (χ3v) is 2.64. The molecule has 20 heavy (non-hydrogen) atoms. The minimum Gasteiger partial charge on any atom is -0.485 e. The van der Waals surface area contributed by atoms with E-state index in [4.69, 9.17) is 9.47 Å². The van der Waals surface area contributed by atoms with Crippen LogP contribution in [0.15, 0.2) is 18.2 Å². The summed E-state index contributed by atoms with van der Waals surface area (Å²) in [5, 5.41) is 13.7. The van der Waals surface area contributed by atoms with E-state index in [9.17, 15) is 14.9 Å². The summed E-state index contributed by atoms with van der Waals surface area (Å²) >= 11 is 0. The lowest BCUT2D eigenvalue weighted by Crippen LogP contribution is -2.40. The molecule has 0 spiro atoms. The summed E-state index contributed by atoms with van der Waals surface area (Å²) in [6.07, 6.45) is 0. The molecular formula is C13H18N2O5. The van der Waals surface area contributed by atoms with Crippen molar-refractivity contribution in [2.45, 2.75) is 19.9 Å². The molecule has 0 radical (unpaired) electrons. The number of hydrogen-bond donors (Lipinski definition) is 1. The highest BCUT2D eigenvalue weighted by Crippen LogP contribution is 2.27. The van der Waals surface area contributed by atoms with Crippen LogP contribution in [0.1, 0.15) is 12.5 Å². The van der Waals surface area contributed by atoms with Gasteiger partial charge in [-0.05, 0) is 32.5 Å². The Morgan fingerprint density at radius 3 is 2.75 bits per heavy atom. The third-order valence-electron chi connectivity index (χ3n) is 2.64. The van der Waals surface area contributed by atoms with Gasteiger partial charge in [-0.2, -0.15) is 0 Å². The Balaban J connectivity index is 2.80. The molecule has 0 aromatic heterocycles. The van der Waals surface area contributed by atoms with E-state index in [-0.39, 0.29) is 24.7 Å². The predicted octanol–water partition coefficient (Wildman–Crippen LogP) is 1.43. The molecule has 1 aromatic rings. The summed E-state index contributed by atoms with van der Waals surface area (Å²) in [6.45, 7) is 3.73. The smallest absolute Gasteiger partial charge is 0.326 e. The Bertz CT molecular complexity index is 490. The van der Waals surface area contributed by atoms with Crippen molar-refractivity contribution in [1.82, 2.24) is 5.32 Å². The van der Waals surface area contributed by atoms with E-state index in [2.05, 4.69) is 5.32 Å². The molecule has 7 nitrogen and oxygen atoms in total. The van der Waals surface area contributed by atoms with Gasteiger partial charge >= 0.3 is 11.7 Å². The van der Waals surface area contributed by atoms with Crippen LogP contribution in [-0.4, -0.2) is 37.2 Å². The molecule has 1 atom stereocenters. The van der Waals surface area contributed by atoms with Gasteiger partial charge < -0.3 is 14.8 Å². The van der Waals surface area contributed by atoms with Gasteiger partial charge in [-0.1, -0.05) is 6.07 Å². The number of hydrogen-bond acceptors (Lipinski definition) is 6. The summed E-state index contributed by atoms with van der Waals surface area (Å²) in [6, 6.07) is 3.90. The van der Waals surface area contributed by atoms with Crippen molar-refractivity contribution in [3.63, 3.8) is 0 Å². The Morgan fingerprint density at radius 2 is 2.20 bits per heavy atom. The molecule has 0 saturated heterocycles. The zero-order valence-corrected chi connectivity index (χ0v) is 11.7. The van der Waals surface area contributed by atoms with Gasteiger partial charge in [0, 0.05) is 6.07 Å². The number of likely N-dealkylation sites (N-methyl/N-ethyl adjacent to an activating group) is 1. The van der Waals surface area contributed by atoms with Crippen LogP contribution in [0.3, 0.4) is 0 Å². The van der Waals surface area contributed by atoms with Crippen molar-refractivity contribution < 1.29 is 19.2 Å². The van der Waals surface area contributed by atoms with E-state index in [0.717, 1.165) is 5.56 Å². The van der Waals surface area contributed by atoms with Crippen LogP contribution in [-0.2, 0) is 9.53 Å². The lowest BCUT2D eigenvalue weighted by molar-refractivity contribution is -0.385. The lowest BCUT2D eigenvalue weighted by Gasteiger charge is -2.15. The average molecular weight is 282 g/mol. The minimum absolute atomic E-state index is 0.0420. The van der Waals surface area contributed by atoms with E-state index in [0.29, 0.717) is 0 Å². The van der Waals surface area contributed by atoms with Crippen LogP contribution in [0.5, 0.6) is 5.75 Å². The van der Waals surface area contributed by atoms with Gasteiger partial charge in [0.05, 0.1) is 11.5 Å². The third kappa shape index (κ3) is 4.20. The Labute approximate surface area is 117 Å². The average Bonchev–Trinajstić information content (AvgIpc) is 2.39. The monoisotopic (exact) mass is 282 g/mol. The second-order valence-corrected chi connectivity index (χ2v) is 4.13. The molecule has 0 saturated carbocycles. The van der Waals surface area contributed by atoms with Crippen LogP contribution in [0.2, 0.25) is 0 Å². The normalized spacial score (nSPS) is 11.8. The van der Waals surface area contributed by atoms with Crippen LogP contribution < -0.4 is 10.1 Å². The molecule has 0 fully saturated rings. The molecule has 1 unspecified atom stereocenters. The fraction of sp³-hybridized carbons (Fsp3) is 0.462. The molecule has 0 aliphatic heterocycles. The predicted molar refractivity (Wildman–Crippen MR) is 72.8 cm³/mol. The van der Waals surface area contributed by atoms with Crippen molar-refractivity contribution in [3.8, 4) is 5.75 Å². The second kappa shape index (κ2) is 7.44. The van der Waals surface area contributed by atoms with Crippen LogP contribution in [0.25, 0.3) is 0 Å². The largest absolute Gasteiger partial charge is 0.485 e. The van der Waals surface area contributed by atoms with Crippen molar-refractivity contribution in [3.05, 3.63) is 33.9 Å². The first-order valence-electron chi connectivity index (χ1n) is 6.21. The van der Waals surface area contributed by atoms with E-state index < -0.39 is 16.9 Å². The van der Waals surface area contributed by atoms with Gasteiger partial charge in [0.15, 0.2) is 5.75 Å². The number of carbonyl (C=O) groups is 1. The highest BCUT2D eigenvalue weighted by Gasteiger charge is 2.21. The lowest BCUT2D eigenvalue weighted by atomic mass is 10.2. The molecule has 0 aliphatic carbocycles. The first-order chi connectivity index (χ1) is 9.49. The van der Waals surface area contributed by atoms with Gasteiger partial charge in [-0.25, -0.2) is 0 Å². The van der Waals surface area contributed by atoms with Crippen molar-refractivity contribution in [2.24, 2.45) is 0 Å². The van der Waals surface area contributed by atoms with E-state index in [1.54, 1.807) is 33.0 Å². The fourth-order valence-electron chi connectivity index (χ4n) is 1.57. The standard InChI is InChI=1S/C13H18N2O5/c1-4-19-13(16)10(14-3)8-20-12-7-9(2)5-6-11(12)15(17)18/h5-7,10,14H,4,8H2,1-3H3. The van der Waals surface area contributed by atoms with E-state index >= 15 is 0 Å². The number of aryl methyl sites for hydroxylation is 1. The minimum atomic E-state index is -0.671. The van der Waals surface area contributed by atoms with Gasteiger partial charge in [0.1, 0.15) is 12.6 Å². The maximum absolute atomic E-state index is 11.6. The van der Waals surface area contributed by atoms with Crippen LogP contribution in [0, 0.1) is 17.0 Å². The highest BCUT2D eigenvalue weighted by molar-refractivity contribution is 5.76. The zero-order chi connectivity index (χ0) is 15.1. The van der Waals surface area contributed by atoms with Gasteiger partial charge in [-0.3, -0.25) is 14.9 Å². The molecule has 1 N–H and O–H groups in total. The molecule has 0 heterocycles. The summed E-state index contributed by atoms with van der Waals surface area (Å²) in [5.41, 5.74) is 0.706. The number of rotatable bonds is 7. The molecule has 0 amide bonds. The quantitative estimate of drug-likeness (QED) is 0.462. The molecule has 1 aromatic carbocycles. The van der Waals surface area contributed by atoms with E-state index in [1.807, 2.05) is 0 Å². The number of nitro benzene ring substituents is 1. The van der Waals surface area contributed by atoms with Gasteiger partial charge in [0.25, 0.3) is 0 Å². The van der Waals surface area contributed by atoms with Crippen molar-refractivity contribution in [2.75, 3.05) is 20.3 Å². The molecule has 1 rings (SSSR count). The van der Waals surface area contributed by atoms with E-state index in [1.165, 1.54) is 6.07 Å². The first-order valence-corrected chi connectivity index (χ1v) is 6.21. The Hall–Kier alpha value is -2.15. The number of ether oxygens (including phenoxy) is 2.